The molecule has 0 unspecified atom stereocenters. The molecule has 6 heteroatoms. The van der Waals surface area contributed by atoms with Crippen LogP contribution in [0.4, 0.5) is 5.69 Å². The molecule has 6 nitrogen and oxygen atoms in total. The molecule has 98 valence electrons. The lowest BCUT2D eigenvalue weighted by molar-refractivity contribution is -0.385. The fourth-order valence-electron chi connectivity index (χ4n) is 2.12. The summed E-state index contributed by atoms with van der Waals surface area (Å²) in [7, 11) is 0. The Morgan fingerprint density at radius 2 is 2.00 bits per heavy atom. The van der Waals surface area contributed by atoms with Crippen LogP contribution in [0.5, 0.6) is 0 Å². The highest BCUT2D eigenvalue weighted by Gasteiger charge is 2.14. The standard InChI is InChI=1S/C14H9N3O3/c18-8-10-7-11(5-6-13(10)17(19)20)16-9-15-12-3-1-2-4-14(12)16/h1-9H. The lowest BCUT2D eigenvalue weighted by Gasteiger charge is -2.05. The van der Waals surface area contributed by atoms with E-state index < -0.39 is 4.92 Å². The number of hydrogen-bond acceptors (Lipinski definition) is 4. The van der Waals surface area contributed by atoms with Crippen LogP contribution in [0, 0.1) is 10.1 Å². The number of nitrogens with zero attached hydrogens (tertiary/aromatic N) is 3. The lowest BCUT2D eigenvalue weighted by atomic mass is 10.1. The van der Waals surface area contributed by atoms with Crippen LogP contribution >= 0.6 is 0 Å². The molecule has 0 spiro atoms. The molecule has 1 aromatic heterocycles. The number of hydrogen-bond donors (Lipinski definition) is 0. The zero-order valence-corrected chi connectivity index (χ0v) is 10.3. The molecule has 0 bridgehead atoms. The van der Waals surface area contributed by atoms with Crippen molar-refractivity contribution in [2.45, 2.75) is 0 Å². The molecule has 0 aliphatic heterocycles. The molecule has 0 saturated heterocycles. The Bertz CT molecular complexity index is 823. The van der Waals surface area contributed by atoms with E-state index in [0.29, 0.717) is 12.0 Å². The van der Waals surface area contributed by atoms with Gasteiger partial charge < -0.3 is 0 Å². The molecule has 0 aliphatic rings. The van der Waals surface area contributed by atoms with Crippen molar-refractivity contribution < 1.29 is 9.72 Å². The van der Waals surface area contributed by atoms with E-state index in [-0.39, 0.29) is 11.3 Å². The molecule has 3 rings (SSSR count). The second-order valence-corrected chi connectivity index (χ2v) is 4.22. The topological polar surface area (TPSA) is 78.0 Å². The van der Waals surface area contributed by atoms with Crippen LogP contribution in [-0.4, -0.2) is 20.8 Å². The van der Waals surface area contributed by atoms with E-state index in [1.165, 1.54) is 12.1 Å². The molecule has 0 N–H and O–H groups in total. The van der Waals surface area contributed by atoms with Crippen molar-refractivity contribution in [3.8, 4) is 5.69 Å². The highest BCUT2D eigenvalue weighted by molar-refractivity contribution is 5.83. The Morgan fingerprint density at radius 1 is 1.20 bits per heavy atom. The van der Waals surface area contributed by atoms with Crippen LogP contribution in [0.2, 0.25) is 0 Å². The van der Waals surface area contributed by atoms with E-state index in [4.69, 9.17) is 0 Å². The van der Waals surface area contributed by atoms with Crippen LogP contribution < -0.4 is 0 Å². The van der Waals surface area contributed by atoms with Crippen molar-refractivity contribution in [3.05, 3.63) is 64.5 Å². The molecule has 0 fully saturated rings. The molecule has 0 atom stereocenters. The van der Waals surface area contributed by atoms with Crippen molar-refractivity contribution in [3.63, 3.8) is 0 Å². The number of benzene rings is 2. The van der Waals surface area contributed by atoms with Gasteiger partial charge in [0.1, 0.15) is 6.33 Å². The summed E-state index contributed by atoms with van der Waals surface area (Å²) in [5.41, 5.74) is 2.20. The summed E-state index contributed by atoms with van der Waals surface area (Å²) in [6.45, 7) is 0. The van der Waals surface area contributed by atoms with Gasteiger partial charge in [-0.1, -0.05) is 12.1 Å². The third kappa shape index (κ3) is 1.83. The van der Waals surface area contributed by atoms with Crippen LogP contribution in [0.25, 0.3) is 16.7 Å². The molecule has 2 aromatic carbocycles. The van der Waals surface area contributed by atoms with Crippen LogP contribution in [0.15, 0.2) is 48.8 Å². The number of aldehydes is 1. The van der Waals surface area contributed by atoms with Crippen molar-refractivity contribution >= 4 is 23.0 Å². The monoisotopic (exact) mass is 267 g/mol. The van der Waals surface area contributed by atoms with Gasteiger partial charge in [0.15, 0.2) is 6.29 Å². The lowest BCUT2D eigenvalue weighted by Crippen LogP contribution is -1.98. The van der Waals surface area contributed by atoms with Gasteiger partial charge in [-0.25, -0.2) is 4.98 Å². The summed E-state index contributed by atoms with van der Waals surface area (Å²) in [5.74, 6) is 0. The number of para-hydroxylation sites is 2. The summed E-state index contributed by atoms with van der Waals surface area (Å²) < 4.78 is 1.78. The Morgan fingerprint density at radius 3 is 2.75 bits per heavy atom. The van der Waals surface area contributed by atoms with E-state index in [1.54, 1.807) is 17.0 Å². The van der Waals surface area contributed by atoms with E-state index >= 15 is 0 Å². The summed E-state index contributed by atoms with van der Waals surface area (Å²) in [6.07, 6.45) is 2.11. The van der Waals surface area contributed by atoms with Crippen LogP contribution in [-0.2, 0) is 0 Å². The average molecular weight is 267 g/mol. The van der Waals surface area contributed by atoms with Crippen molar-refractivity contribution in [2.24, 2.45) is 0 Å². The average Bonchev–Trinajstić information content (AvgIpc) is 2.90. The zero-order valence-electron chi connectivity index (χ0n) is 10.3. The summed E-state index contributed by atoms with van der Waals surface area (Å²) in [4.78, 5) is 25.5. The van der Waals surface area contributed by atoms with Gasteiger partial charge in [0, 0.05) is 11.8 Å². The fourth-order valence-corrected chi connectivity index (χ4v) is 2.12. The number of carbonyl (C=O) groups is 1. The van der Waals surface area contributed by atoms with Gasteiger partial charge in [0.25, 0.3) is 5.69 Å². The highest BCUT2D eigenvalue weighted by atomic mass is 16.6. The first-order valence-electron chi connectivity index (χ1n) is 5.87. The maximum absolute atomic E-state index is 11.0. The molecule has 0 saturated carbocycles. The minimum Gasteiger partial charge on any atom is -0.299 e. The number of imidazole rings is 1. The Kier molecular flexibility index (Phi) is 2.76. The van der Waals surface area contributed by atoms with Gasteiger partial charge in [0.05, 0.1) is 21.5 Å². The minimum atomic E-state index is -0.570. The summed E-state index contributed by atoms with van der Waals surface area (Å²) in [5, 5.41) is 10.8. The third-order valence-electron chi connectivity index (χ3n) is 3.07. The van der Waals surface area contributed by atoms with Crippen LogP contribution in [0.1, 0.15) is 10.4 Å². The first-order chi connectivity index (χ1) is 9.70. The molecular weight excluding hydrogens is 258 g/mol. The maximum Gasteiger partial charge on any atom is 0.280 e. The SMILES string of the molecule is O=Cc1cc(-n2cnc3ccccc32)ccc1[N+](=O)[O-]. The zero-order chi connectivity index (χ0) is 14.1. The molecule has 1 heterocycles. The Labute approximate surface area is 113 Å². The normalized spacial score (nSPS) is 10.6. The van der Waals surface area contributed by atoms with Gasteiger partial charge in [-0.3, -0.25) is 19.5 Å². The van der Waals surface area contributed by atoms with Gasteiger partial charge in [-0.2, -0.15) is 0 Å². The minimum absolute atomic E-state index is 0.0466. The van der Waals surface area contributed by atoms with Crippen molar-refractivity contribution in [2.75, 3.05) is 0 Å². The van der Waals surface area contributed by atoms with Crippen molar-refractivity contribution in [1.29, 1.82) is 0 Å². The largest absolute Gasteiger partial charge is 0.299 e. The van der Waals surface area contributed by atoms with E-state index in [0.717, 1.165) is 11.0 Å². The maximum atomic E-state index is 11.0. The predicted octanol–water partition coefficient (Wildman–Crippen LogP) is 2.75. The first-order valence-corrected chi connectivity index (χ1v) is 5.87. The quantitative estimate of drug-likeness (QED) is 0.415. The molecule has 3 aromatic rings. The number of carbonyl (C=O) groups excluding carboxylic acids is 1. The highest BCUT2D eigenvalue weighted by Crippen LogP contribution is 2.23. The number of nitro benzene ring substituents is 1. The number of nitro groups is 1. The summed E-state index contributed by atoms with van der Waals surface area (Å²) >= 11 is 0. The predicted molar refractivity (Wildman–Crippen MR) is 73.1 cm³/mol. The number of aromatic nitrogens is 2. The molecule has 0 amide bonds. The molecule has 0 aliphatic carbocycles. The second-order valence-electron chi connectivity index (χ2n) is 4.22. The fraction of sp³-hybridized carbons (Fsp3) is 0. The smallest absolute Gasteiger partial charge is 0.280 e. The number of fused-ring (bicyclic) bond motifs is 1. The first kappa shape index (κ1) is 12.0. The van der Waals surface area contributed by atoms with Crippen LogP contribution in [0.3, 0.4) is 0 Å². The van der Waals surface area contributed by atoms with Gasteiger partial charge >= 0.3 is 0 Å². The Balaban J connectivity index is 2.20. The second kappa shape index (κ2) is 4.58. The third-order valence-corrected chi connectivity index (χ3v) is 3.07. The summed E-state index contributed by atoms with van der Waals surface area (Å²) in [6, 6.07) is 11.9. The number of rotatable bonds is 3. The van der Waals surface area contributed by atoms with Gasteiger partial charge in [0.2, 0.25) is 0 Å². The van der Waals surface area contributed by atoms with E-state index in [9.17, 15) is 14.9 Å². The molecule has 0 radical (unpaired) electrons. The van der Waals surface area contributed by atoms with Gasteiger partial charge in [-0.05, 0) is 24.3 Å². The van der Waals surface area contributed by atoms with Crippen molar-refractivity contribution in [1.82, 2.24) is 9.55 Å². The Hall–Kier alpha value is -3.02. The van der Waals surface area contributed by atoms with E-state index in [2.05, 4.69) is 4.98 Å². The van der Waals surface area contributed by atoms with E-state index in [1.807, 2.05) is 24.3 Å². The van der Waals surface area contributed by atoms with Gasteiger partial charge in [-0.15, -0.1) is 0 Å². The molecular formula is C14H9N3O3. The molecule has 20 heavy (non-hydrogen) atoms.